The molecule has 0 saturated carbocycles. The van der Waals surface area contributed by atoms with E-state index in [4.69, 9.17) is 4.42 Å². The van der Waals surface area contributed by atoms with Crippen molar-refractivity contribution in [1.82, 2.24) is 15.3 Å². The van der Waals surface area contributed by atoms with E-state index in [9.17, 15) is 14.4 Å². The van der Waals surface area contributed by atoms with E-state index in [0.717, 1.165) is 32.6 Å². The van der Waals surface area contributed by atoms with Gasteiger partial charge >= 0.3 is 6.03 Å². The number of H-pyrrole nitrogens is 1. The number of nitrogens with zero attached hydrogens (tertiary/aromatic N) is 2. The van der Waals surface area contributed by atoms with Gasteiger partial charge in [-0.3, -0.25) is 14.9 Å². The number of hydrogen-bond acceptors (Lipinski definition) is 6. The molecule has 1 saturated heterocycles. The van der Waals surface area contributed by atoms with Crippen LogP contribution >= 0.6 is 11.8 Å². The lowest BCUT2D eigenvalue weighted by molar-refractivity contribution is -0.122. The fraction of sp³-hybridized carbons (Fsp3) is 0.120. The van der Waals surface area contributed by atoms with E-state index in [1.807, 2.05) is 45.0 Å². The zero-order valence-electron chi connectivity index (χ0n) is 18.6. The van der Waals surface area contributed by atoms with Crippen molar-refractivity contribution >= 4 is 52.4 Å². The molecule has 0 radical (unpaired) electrons. The van der Waals surface area contributed by atoms with Crippen molar-refractivity contribution in [3.05, 3.63) is 76.6 Å². The van der Waals surface area contributed by atoms with Crippen LogP contribution in [0.3, 0.4) is 0 Å². The number of furan rings is 1. The van der Waals surface area contributed by atoms with Crippen LogP contribution in [0.1, 0.15) is 22.5 Å². The molecule has 0 aliphatic carbocycles. The maximum Gasteiger partial charge on any atom is 0.335 e. The summed E-state index contributed by atoms with van der Waals surface area (Å²) in [7, 11) is 0. The number of anilines is 1. The molecule has 170 valence electrons. The summed E-state index contributed by atoms with van der Waals surface area (Å²) in [5, 5.41) is 3.42. The van der Waals surface area contributed by atoms with E-state index in [2.05, 4.69) is 15.3 Å². The Balaban J connectivity index is 1.40. The molecule has 4 amide bonds. The van der Waals surface area contributed by atoms with E-state index in [1.54, 1.807) is 24.3 Å². The van der Waals surface area contributed by atoms with Gasteiger partial charge in [0, 0.05) is 0 Å². The first-order valence-corrected chi connectivity index (χ1v) is 11.3. The largest absolute Gasteiger partial charge is 0.450 e. The van der Waals surface area contributed by atoms with E-state index >= 15 is 0 Å². The average molecular weight is 473 g/mol. The highest BCUT2D eigenvalue weighted by Crippen LogP contribution is 2.30. The van der Waals surface area contributed by atoms with Crippen molar-refractivity contribution in [3.8, 4) is 0 Å². The van der Waals surface area contributed by atoms with Crippen LogP contribution in [0, 0.1) is 20.8 Å². The molecule has 0 spiro atoms. The van der Waals surface area contributed by atoms with Gasteiger partial charge in [-0.05, 0) is 91.7 Å². The van der Waals surface area contributed by atoms with Gasteiger partial charge in [-0.1, -0.05) is 12.1 Å². The average Bonchev–Trinajstić information content (AvgIpc) is 3.39. The number of benzene rings is 2. The van der Waals surface area contributed by atoms with Crippen LogP contribution < -0.4 is 10.2 Å². The van der Waals surface area contributed by atoms with Gasteiger partial charge in [-0.25, -0.2) is 14.7 Å². The van der Waals surface area contributed by atoms with Gasteiger partial charge in [-0.2, -0.15) is 0 Å². The third-order valence-electron chi connectivity index (χ3n) is 5.55. The van der Waals surface area contributed by atoms with Crippen LogP contribution in [0.25, 0.3) is 17.1 Å². The molecule has 2 aromatic carbocycles. The minimum absolute atomic E-state index is 0.192. The minimum Gasteiger partial charge on any atom is -0.450 e. The van der Waals surface area contributed by atoms with E-state index in [0.29, 0.717) is 21.7 Å². The molecule has 2 aromatic heterocycles. The molecule has 8 nitrogen and oxygen atoms in total. The molecule has 2 N–H and O–H groups in total. The molecule has 1 aliphatic rings. The van der Waals surface area contributed by atoms with Crippen LogP contribution in [0.4, 0.5) is 10.5 Å². The number of carbonyl (C=O) groups excluding carboxylic acids is 3. The predicted octanol–water partition coefficient (Wildman–Crippen LogP) is 4.90. The highest BCUT2D eigenvalue weighted by molar-refractivity contribution is 7.99. The molecule has 1 fully saturated rings. The summed E-state index contributed by atoms with van der Waals surface area (Å²) in [6.45, 7) is 5.83. The number of barbiturate groups is 1. The van der Waals surface area contributed by atoms with Crippen molar-refractivity contribution in [2.24, 2.45) is 0 Å². The number of nitrogens with one attached hydrogen (secondary N) is 2. The number of fused-ring (bicyclic) bond motifs is 1. The second-order valence-electron chi connectivity index (χ2n) is 8.05. The standard InChI is InChI=1S/C25H20N4O4S/c1-13-4-8-19-20(10-13)27-24(26-19)34-21-9-7-17(33-21)12-18-22(30)28-25(32)29(23(18)31)16-6-5-14(2)15(3)11-16/h4-12H,1-3H3,(H,26,27)(H,28,30,32)/b18-12+. The quantitative estimate of drug-likeness (QED) is 0.323. The van der Waals surface area contributed by atoms with Crippen molar-refractivity contribution in [1.29, 1.82) is 0 Å². The van der Waals surface area contributed by atoms with Crippen LogP contribution in [0.2, 0.25) is 0 Å². The Labute approximate surface area is 199 Å². The van der Waals surface area contributed by atoms with Gasteiger partial charge in [0.25, 0.3) is 11.8 Å². The topological polar surface area (TPSA) is 108 Å². The van der Waals surface area contributed by atoms with E-state index < -0.39 is 17.8 Å². The van der Waals surface area contributed by atoms with Crippen LogP contribution in [-0.2, 0) is 9.59 Å². The normalized spacial score (nSPS) is 15.4. The van der Waals surface area contributed by atoms with Gasteiger partial charge < -0.3 is 9.40 Å². The monoisotopic (exact) mass is 472 g/mol. The molecule has 9 heteroatoms. The maximum absolute atomic E-state index is 13.1. The number of urea groups is 1. The lowest BCUT2D eigenvalue weighted by atomic mass is 10.1. The fourth-order valence-corrected chi connectivity index (χ4v) is 4.38. The summed E-state index contributed by atoms with van der Waals surface area (Å²) in [5.41, 5.74) is 5.06. The van der Waals surface area contributed by atoms with Gasteiger partial charge in [0.1, 0.15) is 11.3 Å². The van der Waals surface area contributed by atoms with Crippen molar-refractivity contribution in [2.45, 2.75) is 31.0 Å². The van der Waals surface area contributed by atoms with Gasteiger partial charge in [0.2, 0.25) is 0 Å². The summed E-state index contributed by atoms with van der Waals surface area (Å²) >= 11 is 1.29. The van der Waals surface area contributed by atoms with E-state index in [1.165, 1.54) is 17.8 Å². The lowest BCUT2D eigenvalue weighted by Crippen LogP contribution is -2.54. The Kier molecular flexibility index (Phi) is 5.33. The van der Waals surface area contributed by atoms with Gasteiger partial charge in [0.15, 0.2) is 10.2 Å². The van der Waals surface area contributed by atoms with Crippen LogP contribution in [-0.4, -0.2) is 27.8 Å². The first kappa shape index (κ1) is 21.7. The molecule has 0 atom stereocenters. The van der Waals surface area contributed by atoms with Crippen LogP contribution in [0.5, 0.6) is 0 Å². The molecule has 0 unspecified atom stereocenters. The number of amides is 4. The van der Waals surface area contributed by atoms with Crippen molar-refractivity contribution in [2.75, 3.05) is 4.90 Å². The number of rotatable bonds is 4. The Bertz CT molecular complexity index is 1510. The number of aromatic amines is 1. The second kappa shape index (κ2) is 8.35. The number of aryl methyl sites for hydroxylation is 3. The van der Waals surface area contributed by atoms with E-state index in [-0.39, 0.29) is 5.57 Å². The summed E-state index contributed by atoms with van der Waals surface area (Å²) in [6.07, 6.45) is 1.34. The third-order valence-corrected chi connectivity index (χ3v) is 6.36. The van der Waals surface area contributed by atoms with Crippen molar-refractivity contribution < 1.29 is 18.8 Å². The molecular weight excluding hydrogens is 452 g/mol. The molecule has 0 bridgehead atoms. The summed E-state index contributed by atoms with van der Waals surface area (Å²) in [4.78, 5) is 46.7. The number of carbonyl (C=O) groups is 3. The molecular formula is C25H20N4O4S. The summed E-state index contributed by atoms with van der Waals surface area (Å²) in [6, 6.07) is 13.8. The Morgan fingerprint density at radius 2 is 1.79 bits per heavy atom. The van der Waals surface area contributed by atoms with Gasteiger partial charge in [0.05, 0.1) is 16.7 Å². The second-order valence-corrected chi connectivity index (χ2v) is 9.04. The smallest absolute Gasteiger partial charge is 0.335 e. The molecule has 4 aromatic rings. The molecule has 34 heavy (non-hydrogen) atoms. The zero-order valence-corrected chi connectivity index (χ0v) is 19.4. The van der Waals surface area contributed by atoms with Gasteiger partial charge in [-0.15, -0.1) is 0 Å². The summed E-state index contributed by atoms with van der Waals surface area (Å²) in [5.74, 6) is -1.18. The number of imide groups is 2. The Morgan fingerprint density at radius 1 is 0.971 bits per heavy atom. The first-order valence-electron chi connectivity index (χ1n) is 10.5. The Hall–Kier alpha value is -4.11. The molecule has 3 heterocycles. The highest BCUT2D eigenvalue weighted by atomic mass is 32.2. The SMILES string of the molecule is Cc1ccc2nc(Sc3ccc(/C=C4\C(=O)NC(=O)N(c5ccc(C)c(C)c5)C4=O)o3)[nH]c2c1. The number of imidazole rings is 1. The van der Waals surface area contributed by atoms with Crippen molar-refractivity contribution in [3.63, 3.8) is 0 Å². The first-order chi connectivity index (χ1) is 16.3. The molecule has 1 aliphatic heterocycles. The highest BCUT2D eigenvalue weighted by Gasteiger charge is 2.37. The minimum atomic E-state index is -0.786. The zero-order chi connectivity index (χ0) is 24.0. The maximum atomic E-state index is 13.1. The third kappa shape index (κ3) is 4.01. The lowest BCUT2D eigenvalue weighted by Gasteiger charge is -2.26. The Morgan fingerprint density at radius 3 is 2.59 bits per heavy atom. The number of aromatic nitrogens is 2. The number of hydrogen-bond donors (Lipinski definition) is 2. The van der Waals surface area contributed by atoms with Crippen LogP contribution in [0.15, 0.2) is 68.8 Å². The fourth-order valence-electron chi connectivity index (χ4n) is 3.61. The predicted molar refractivity (Wildman–Crippen MR) is 129 cm³/mol. The summed E-state index contributed by atoms with van der Waals surface area (Å²) < 4.78 is 5.80. The molecule has 5 rings (SSSR count).